The van der Waals surface area contributed by atoms with Crippen LogP contribution in [0.2, 0.25) is 0 Å². The summed E-state index contributed by atoms with van der Waals surface area (Å²) in [6.07, 6.45) is 0. The number of amidine groups is 1. The summed E-state index contributed by atoms with van der Waals surface area (Å²) in [6.45, 7) is 4.33. The van der Waals surface area contributed by atoms with Gasteiger partial charge in [0.1, 0.15) is 11.7 Å². The van der Waals surface area contributed by atoms with Gasteiger partial charge < -0.3 is 5.32 Å². The molecular formula is C21H18FN5O. The van der Waals surface area contributed by atoms with Crippen molar-refractivity contribution in [3.05, 3.63) is 82.9 Å². The molecule has 2 amide bonds. The quantitative estimate of drug-likeness (QED) is 0.728. The number of hydrogen-bond acceptors (Lipinski definition) is 3. The first kappa shape index (κ1) is 17.8. The van der Waals surface area contributed by atoms with Crippen molar-refractivity contribution in [2.45, 2.75) is 20.4 Å². The molecule has 1 aromatic heterocycles. The van der Waals surface area contributed by atoms with Gasteiger partial charge in [-0.15, -0.1) is 0 Å². The average Bonchev–Trinajstić information content (AvgIpc) is 3.01. The van der Waals surface area contributed by atoms with E-state index in [9.17, 15) is 9.18 Å². The van der Waals surface area contributed by atoms with Crippen molar-refractivity contribution in [1.82, 2.24) is 9.97 Å². The molecular weight excluding hydrogens is 357 g/mol. The number of benzene rings is 2. The molecule has 0 saturated carbocycles. The van der Waals surface area contributed by atoms with Crippen LogP contribution in [0.4, 0.5) is 20.8 Å². The van der Waals surface area contributed by atoms with Gasteiger partial charge in [-0.3, -0.25) is 4.90 Å². The van der Waals surface area contributed by atoms with Crippen LogP contribution in [0.15, 0.2) is 59.6 Å². The highest BCUT2D eigenvalue weighted by atomic mass is 19.1. The van der Waals surface area contributed by atoms with Crippen molar-refractivity contribution in [3.63, 3.8) is 0 Å². The zero-order chi connectivity index (χ0) is 19.7. The summed E-state index contributed by atoms with van der Waals surface area (Å²) in [5.41, 5.74) is 4.05. The number of aryl methyl sites for hydroxylation is 2. The van der Waals surface area contributed by atoms with Gasteiger partial charge in [0.05, 0.1) is 6.54 Å². The van der Waals surface area contributed by atoms with Crippen molar-refractivity contribution in [3.8, 4) is 0 Å². The molecule has 6 nitrogen and oxygen atoms in total. The zero-order valence-electron chi connectivity index (χ0n) is 15.5. The molecule has 0 spiro atoms. The van der Waals surface area contributed by atoms with Crippen molar-refractivity contribution >= 4 is 23.5 Å². The number of hydrogen-bond donors (Lipinski definition) is 1. The first-order chi connectivity index (χ1) is 13.5. The summed E-state index contributed by atoms with van der Waals surface area (Å²) in [5, 5.41) is 2.66. The molecule has 0 saturated heterocycles. The zero-order valence-corrected chi connectivity index (χ0v) is 15.5. The van der Waals surface area contributed by atoms with Crippen LogP contribution in [-0.2, 0) is 6.54 Å². The van der Waals surface area contributed by atoms with E-state index in [1.54, 1.807) is 0 Å². The molecule has 1 aliphatic heterocycles. The fourth-order valence-electron chi connectivity index (χ4n) is 3.16. The highest BCUT2D eigenvalue weighted by Crippen LogP contribution is 2.27. The molecule has 7 heteroatoms. The lowest BCUT2D eigenvalue weighted by atomic mass is 10.1. The highest BCUT2D eigenvalue weighted by Gasteiger charge is 2.29. The third-order valence-corrected chi connectivity index (χ3v) is 4.36. The van der Waals surface area contributed by atoms with Crippen LogP contribution in [0.1, 0.15) is 22.5 Å². The Morgan fingerprint density at radius 2 is 1.75 bits per heavy atom. The summed E-state index contributed by atoms with van der Waals surface area (Å²) in [4.78, 5) is 27.6. The number of urea groups is 1. The van der Waals surface area contributed by atoms with E-state index >= 15 is 0 Å². The number of rotatable bonds is 2. The molecule has 28 heavy (non-hydrogen) atoms. The molecule has 140 valence electrons. The Hall–Kier alpha value is -3.61. The molecule has 0 bridgehead atoms. The topological polar surface area (TPSA) is 70.5 Å². The van der Waals surface area contributed by atoms with Gasteiger partial charge in [-0.25, -0.2) is 19.2 Å². The maximum absolute atomic E-state index is 13.1. The number of halogens is 1. The number of anilines is 2. The highest BCUT2D eigenvalue weighted by molar-refractivity contribution is 6.17. The van der Waals surface area contributed by atoms with Gasteiger partial charge in [-0.05, 0) is 49.7 Å². The van der Waals surface area contributed by atoms with E-state index in [0.29, 0.717) is 24.0 Å². The van der Waals surface area contributed by atoms with Crippen LogP contribution in [0.5, 0.6) is 0 Å². The summed E-state index contributed by atoms with van der Waals surface area (Å²) >= 11 is 0. The normalized spacial score (nSPS) is 14.2. The second-order valence-electron chi connectivity index (χ2n) is 6.57. The number of nitrogens with one attached hydrogen (secondary N) is 1. The van der Waals surface area contributed by atoms with E-state index in [4.69, 9.17) is 0 Å². The summed E-state index contributed by atoms with van der Waals surface area (Å²) in [6, 6.07) is 14.6. The van der Waals surface area contributed by atoms with E-state index < -0.39 is 6.03 Å². The van der Waals surface area contributed by atoms with Gasteiger partial charge in [0, 0.05) is 22.6 Å². The number of nitrogens with zero attached hydrogens (tertiary/aromatic N) is 4. The molecule has 0 atom stereocenters. The lowest BCUT2D eigenvalue weighted by molar-refractivity contribution is 0.259. The molecule has 1 aliphatic rings. The molecule has 2 aromatic carbocycles. The van der Waals surface area contributed by atoms with Gasteiger partial charge in [-0.1, -0.05) is 24.3 Å². The second kappa shape index (κ2) is 7.19. The van der Waals surface area contributed by atoms with Crippen molar-refractivity contribution in [1.29, 1.82) is 0 Å². The van der Waals surface area contributed by atoms with Gasteiger partial charge in [0.15, 0.2) is 0 Å². The van der Waals surface area contributed by atoms with Crippen LogP contribution < -0.4 is 10.2 Å². The first-order valence-corrected chi connectivity index (χ1v) is 8.83. The Bertz CT molecular complexity index is 1060. The number of carbonyl (C=O) groups excluding carboxylic acids is 1. The smallest absolute Gasteiger partial charge is 0.306 e. The summed E-state index contributed by atoms with van der Waals surface area (Å²) < 4.78 is 13.1. The average molecular weight is 375 g/mol. The molecule has 1 N–H and O–H groups in total. The minimum absolute atomic E-state index is 0.368. The molecule has 4 rings (SSSR count). The van der Waals surface area contributed by atoms with Gasteiger partial charge in [0.2, 0.25) is 5.95 Å². The predicted molar refractivity (Wildman–Crippen MR) is 106 cm³/mol. The third kappa shape index (κ3) is 3.59. The summed E-state index contributed by atoms with van der Waals surface area (Å²) in [5.74, 6) is 0.620. The molecule has 3 aromatic rings. The van der Waals surface area contributed by atoms with Crippen molar-refractivity contribution in [2.24, 2.45) is 4.99 Å². The lowest BCUT2D eigenvalue weighted by Crippen LogP contribution is -2.28. The monoisotopic (exact) mass is 375 g/mol. The van der Waals surface area contributed by atoms with Crippen molar-refractivity contribution < 1.29 is 9.18 Å². The number of fused-ring (bicyclic) bond motifs is 1. The Morgan fingerprint density at radius 1 is 1.07 bits per heavy atom. The van der Waals surface area contributed by atoms with Crippen LogP contribution >= 0.6 is 0 Å². The lowest BCUT2D eigenvalue weighted by Gasteiger charge is -2.17. The number of aromatic nitrogens is 2. The van der Waals surface area contributed by atoms with E-state index in [1.165, 1.54) is 24.3 Å². The number of amides is 2. The van der Waals surface area contributed by atoms with E-state index in [0.717, 1.165) is 22.5 Å². The maximum Gasteiger partial charge on any atom is 0.347 e. The Balaban J connectivity index is 1.70. The Morgan fingerprint density at radius 3 is 2.46 bits per heavy atom. The molecule has 2 heterocycles. The largest absolute Gasteiger partial charge is 0.347 e. The number of carbonyl (C=O) groups is 1. The third-order valence-electron chi connectivity index (χ3n) is 4.36. The van der Waals surface area contributed by atoms with Crippen LogP contribution in [0.3, 0.4) is 0 Å². The predicted octanol–water partition coefficient (Wildman–Crippen LogP) is 4.23. The van der Waals surface area contributed by atoms with E-state index in [-0.39, 0.29) is 5.82 Å². The minimum atomic E-state index is -0.548. The molecule has 0 unspecified atom stereocenters. The van der Waals surface area contributed by atoms with Gasteiger partial charge in [-0.2, -0.15) is 4.99 Å². The number of aliphatic imine (C=N–C) groups is 1. The fraction of sp³-hybridized carbons (Fsp3) is 0.143. The van der Waals surface area contributed by atoms with Crippen molar-refractivity contribution in [2.75, 3.05) is 10.2 Å². The molecule has 0 aliphatic carbocycles. The Kier molecular flexibility index (Phi) is 4.57. The van der Waals surface area contributed by atoms with E-state index in [1.807, 2.05) is 49.1 Å². The van der Waals surface area contributed by atoms with Gasteiger partial charge >= 0.3 is 6.03 Å². The van der Waals surface area contributed by atoms with E-state index in [2.05, 4.69) is 20.3 Å². The molecule has 0 radical (unpaired) electrons. The minimum Gasteiger partial charge on any atom is -0.306 e. The standard InChI is InChI=1S/C21H18FN5O/c1-13-11-14(2)24-20(23-13)27-12-15-5-3-4-6-18(15)19(27)26-21(28)25-17-9-7-16(22)8-10-17/h3-11H,12H2,1-2H3,(H,25,28)/b26-19+. The first-order valence-electron chi connectivity index (χ1n) is 8.83. The fourth-order valence-corrected chi connectivity index (χ4v) is 3.16. The molecule has 0 fully saturated rings. The Labute approximate surface area is 161 Å². The summed E-state index contributed by atoms with van der Waals surface area (Å²) in [7, 11) is 0. The van der Waals surface area contributed by atoms with Gasteiger partial charge in [0.25, 0.3) is 0 Å². The van der Waals surface area contributed by atoms with Crippen LogP contribution in [0, 0.1) is 19.7 Å². The van der Waals surface area contributed by atoms with Crippen LogP contribution in [0.25, 0.3) is 0 Å². The second-order valence-corrected chi connectivity index (χ2v) is 6.57. The van der Waals surface area contributed by atoms with Crippen LogP contribution in [-0.4, -0.2) is 21.8 Å². The SMILES string of the molecule is Cc1cc(C)nc(N2Cc3ccccc3/C2=N\C(=O)Nc2ccc(F)cc2)n1. The maximum atomic E-state index is 13.1.